The molecule has 0 spiro atoms. The average Bonchev–Trinajstić information content (AvgIpc) is 2.36. The molecular weight excluding hydrogens is 304 g/mol. The Morgan fingerprint density at radius 2 is 1.50 bits per heavy atom. The van der Waals surface area contributed by atoms with Gasteiger partial charge in [0.05, 0.1) is 0 Å². The number of aliphatic carboxylic acids is 1. The molecule has 10 heteroatoms. The van der Waals surface area contributed by atoms with E-state index >= 15 is 0 Å². The summed E-state index contributed by atoms with van der Waals surface area (Å²) >= 11 is 0. The lowest BCUT2D eigenvalue weighted by Crippen LogP contribution is -2.71. The number of aliphatic hydroxyl groups is 2. The van der Waals surface area contributed by atoms with Crippen LogP contribution in [0.15, 0.2) is 0 Å². The molecule has 0 aromatic rings. The zero-order chi connectivity index (χ0) is 17.2. The van der Waals surface area contributed by atoms with Crippen molar-refractivity contribution in [1.29, 1.82) is 0 Å². The van der Waals surface area contributed by atoms with Crippen LogP contribution in [0.5, 0.6) is 0 Å². The molecule has 5 atom stereocenters. The first-order valence-electron chi connectivity index (χ1n) is 6.16. The van der Waals surface area contributed by atoms with Gasteiger partial charge in [0.2, 0.25) is 0 Å². The van der Waals surface area contributed by atoms with Crippen molar-refractivity contribution in [2.24, 2.45) is 0 Å². The van der Waals surface area contributed by atoms with Crippen molar-refractivity contribution in [2.75, 3.05) is 0 Å². The first kappa shape index (κ1) is 18.0. The number of hydrogen-bond acceptors (Lipinski definition) is 9. The van der Waals surface area contributed by atoms with E-state index in [-0.39, 0.29) is 0 Å². The number of carboxylic acid groups (broad SMARTS) is 1. The molecule has 0 aromatic carbocycles. The van der Waals surface area contributed by atoms with Crippen molar-refractivity contribution < 1.29 is 48.7 Å². The second-order valence-electron chi connectivity index (χ2n) is 4.70. The Bertz CT molecular complexity index is 484. The zero-order valence-corrected chi connectivity index (χ0v) is 12.0. The van der Waals surface area contributed by atoms with Gasteiger partial charge in [-0.15, -0.1) is 0 Å². The first-order chi connectivity index (χ1) is 10.0. The van der Waals surface area contributed by atoms with Gasteiger partial charge in [0, 0.05) is 13.8 Å². The van der Waals surface area contributed by atoms with Crippen molar-refractivity contribution in [3.05, 3.63) is 0 Å². The monoisotopic (exact) mass is 320 g/mol. The molecule has 0 aliphatic carbocycles. The van der Waals surface area contributed by atoms with E-state index in [9.17, 15) is 34.5 Å². The molecule has 0 saturated carbocycles. The summed E-state index contributed by atoms with van der Waals surface area (Å²) < 4.78 is 14.2. The van der Waals surface area contributed by atoms with Crippen LogP contribution < -0.4 is 0 Å². The van der Waals surface area contributed by atoms with Crippen molar-refractivity contribution >= 4 is 23.7 Å². The van der Waals surface area contributed by atoms with Gasteiger partial charge in [-0.25, -0.2) is 4.79 Å². The lowest BCUT2D eigenvalue weighted by atomic mass is 9.83. The molecule has 0 radical (unpaired) electrons. The molecule has 0 amide bonds. The molecule has 22 heavy (non-hydrogen) atoms. The van der Waals surface area contributed by atoms with E-state index in [1.165, 1.54) is 0 Å². The Labute approximate surface area is 124 Å². The van der Waals surface area contributed by atoms with Crippen LogP contribution in [-0.4, -0.2) is 69.2 Å². The van der Waals surface area contributed by atoms with Crippen LogP contribution >= 0.6 is 0 Å². The second-order valence-corrected chi connectivity index (χ2v) is 4.70. The maximum absolute atomic E-state index is 11.8. The first-order valence-corrected chi connectivity index (χ1v) is 6.16. The van der Waals surface area contributed by atoms with Gasteiger partial charge in [-0.3, -0.25) is 14.4 Å². The molecule has 124 valence electrons. The SMILES string of the molecule is CC(=O)O[C@@H]1[C@@H](O)[C@H](O)O[C@](C(C)=O)(C(=O)O)[C@H]1OC(C)=O. The number of hydrogen-bond donors (Lipinski definition) is 3. The number of ketones is 1. The second kappa shape index (κ2) is 6.38. The number of carboxylic acids is 1. The van der Waals surface area contributed by atoms with Gasteiger partial charge in [-0.2, -0.15) is 0 Å². The van der Waals surface area contributed by atoms with Crippen LogP contribution in [0.3, 0.4) is 0 Å². The van der Waals surface area contributed by atoms with Crippen molar-refractivity contribution in [1.82, 2.24) is 0 Å². The third-order valence-electron chi connectivity index (χ3n) is 3.07. The fourth-order valence-corrected chi connectivity index (χ4v) is 2.16. The molecule has 1 heterocycles. The summed E-state index contributed by atoms with van der Waals surface area (Å²) in [5.74, 6) is -4.93. The Hall–Kier alpha value is -2.04. The highest BCUT2D eigenvalue weighted by molar-refractivity contribution is 6.06. The number of aliphatic hydroxyl groups excluding tert-OH is 2. The van der Waals surface area contributed by atoms with E-state index in [0.717, 1.165) is 20.8 Å². The Morgan fingerprint density at radius 1 is 1.00 bits per heavy atom. The third-order valence-corrected chi connectivity index (χ3v) is 3.07. The summed E-state index contributed by atoms with van der Waals surface area (Å²) in [7, 11) is 0. The van der Waals surface area contributed by atoms with Crippen LogP contribution in [0.4, 0.5) is 0 Å². The van der Waals surface area contributed by atoms with Gasteiger partial charge in [-0.1, -0.05) is 0 Å². The number of carbonyl (C=O) groups excluding carboxylic acids is 3. The predicted molar refractivity (Wildman–Crippen MR) is 65.3 cm³/mol. The molecule has 1 saturated heterocycles. The molecule has 1 aliphatic rings. The maximum atomic E-state index is 11.8. The largest absolute Gasteiger partial charge is 0.479 e. The summed E-state index contributed by atoms with van der Waals surface area (Å²) in [6, 6.07) is 0. The Kier molecular flexibility index (Phi) is 5.22. The molecule has 0 unspecified atom stereocenters. The molecule has 10 nitrogen and oxygen atoms in total. The summed E-state index contributed by atoms with van der Waals surface area (Å²) in [6.07, 6.45) is -7.83. The molecule has 0 aromatic heterocycles. The minimum Gasteiger partial charge on any atom is -0.479 e. The van der Waals surface area contributed by atoms with E-state index < -0.39 is 53.9 Å². The van der Waals surface area contributed by atoms with Gasteiger partial charge in [0.1, 0.15) is 6.10 Å². The van der Waals surface area contributed by atoms with Gasteiger partial charge >= 0.3 is 17.9 Å². The van der Waals surface area contributed by atoms with E-state index in [0.29, 0.717) is 0 Å². The summed E-state index contributed by atoms with van der Waals surface area (Å²) in [6.45, 7) is 2.71. The summed E-state index contributed by atoms with van der Waals surface area (Å²) in [4.78, 5) is 45.6. The molecule has 1 aliphatic heterocycles. The Balaban J connectivity index is 3.44. The van der Waals surface area contributed by atoms with Gasteiger partial charge in [0.15, 0.2) is 24.3 Å². The highest BCUT2D eigenvalue weighted by Gasteiger charge is 2.65. The zero-order valence-electron chi connectivity index (χ0n) is 12.0. The number of rotatable bonds is 4. The molecule has 1 fully saturated rings. The predicted octanol–water partition coefficient (Wildman–Crippen LogP) is -2.03. The van der Waals surface area contributed by atoms with Crippen LogP contribution in [0.1, 0.15) is 20.8 Å². The van der Waals surface area contributed by atoms with Crippen LogP contribution in [0, 0.1) is 0 Å². The van der Waals surface area contributed by atoms with Gasteiger partial charge < -0.3 is 29.5 Å². The number of carbonyl (C=O) groups is 4. The normalized spacial score (nSPS) is 34.6. The van der Waals surface area contributed by atoms with E-state index in [1.54, 1.807) is 0 Å². The number of Topliss-reactive ketones (excluding diaryl/α,β-unsaturated/α-hetero) is 1. The molecule has 0 bridgehead atoms. The third kappa shape index (κ3) is 3.08. The van der Waals surface area contributed by atoms with Crippen LogP contribution in [0.2, 0.25) is 0 Å². The van der Waals surface area contributed by atoms with Crippen molar-refractivity contribution in [2.45, 2.75) is 51.0 Å². The summed E-state index contributed by atoms with van der Waals surface area (Å²) in [5, 5.41) is 28.8. The minimum absolute atomic E-state index is 0.833. The molecular formula is C12H16O10. The van der Waals surface area contributed by atoms with E-state index in [2.05, 4.69) is 0 Å². The lowest BCUT2D eigenvalue weighted by molar-refractivity contribution is -0.308. The quantitative estimate of drug-likeness (QED) is 0.390. The molecule has 3 N–H and O–H groups in total. The van der Waals surface area contributed by atoms with E-state index in [4.69, 9.17) is 14.2 Å². The highest BCUT2D eigenvalue weighted by atomic mass is 16.7. The Morgan fingerprint density at radius 3 is 1.86 bits per heavy atom. The van der Waals surface area contributed by atoms with Gasteiger partial charge in [-0.05, 0) is 6.92 Å². The topological polar surface area (TPSA) is 157 Å². The fraction of sp³-hybridized carbons (Fsp3) is 0.667. The smallest absolute Gasteiger partial charge is 0.348 e. The number of ether oxygens (including phenoxy) is 3. The van der Waals surface area contributed by atoms with Gasteiger partial charge in [0.25, 0.3) is 5.60 Å². The highest BCUT2D eigenvalue weighted by Crippen LogP contribution is 2.34. The lowest BCUT2D eigenvalue weighted by Gasteiger charge is -2.45. The summed E-state index contributed by atoms with van der Waals surface area (Å²) in [5.41, 5.74) is -2.82. The number of esters is 2. The minimum atomic E-state index is -2.82. The fourth-order valence-electron chi connectivity index (χ4n) is 2.16. The maximum Gasteiger partial charge on any atom is 0.348 e. The van der Waals surface area contributed by atoms with Crippen LogP contribution in [-0.2, 0) is 33.4 Å². The van der Waals surface area contributed by atoms with Crippen molar-refractivity contribution in [3.63, 3.8) is 0 Å². The standard InChI is InChI=1S/C12H16O10/c1-4(13)12(11(18)19)9(21-6(3)15)8(20-5(2)14)7(16)10(17)22-12/h7-10,16-17H,1-3H3,(H,18,19)/t7-,8-,9+,10-,12+/m1/s1. The average molecular weight is 320 g/mol. The van der Waals surface area contributed by atoms with Crippen molar-refractivity contribution in [3.8, 4) is 0 Å². The molecule has 1 rings (SSSR count). The van der Waals surface area contributed by atoms with Crippen LogP contribution in [0.25, 0.3) is 0 Å². The van der Waals surface area contributed by atoms with E-state index in [1.807, 2.05) is 0 Å².